The minimum Gasteiger partial charge on any atom is -0.489 e. The van der Waals surface area contributed by atoms with E-state index in [0.717, 1.165) is 39.8 Å². The van der Waals surface area contributed by atoms with E-state index >= 15 is 0 Å². The number of Topliss-reactive ketones (excluding diaryl/α,β-unsaturated/α-hetero) is 2. The van der Waals surface area contributed by atoms with E-state index in [1.54, 1.807) is 0 Å². The molecule has 2 aliphatic carbocycles. The predicted octanol–water partition coefficient (Wildman–Crippen LogP) is 5.92. The summed E-state index contributed by atoms with van der Waals surface area (Å²) < 4.78 is 7.27. The number of aliphatic carboxylic acids is 1. The summed E-state index contributed by atoms with van der Waals surface area (Å²) in [5.41, 5.74) is 4.87. The van der Waals surface area contributed by atoms with E-state index < -0.39 is 11.9 Å². The SMILES string of the molecule is O=C(O)CCN1C2=C(C(=O)CCC2)C(c2ccccc2OCc2ccc(Br)cc2)C2=C1CCCC2=O. The van der Waals surface area contributed by atoms with Gasteiger partial charge in [-0.25, -0.2) is 0 Å². The van der Waals surface area contributed by atoms with Crippen LogP contribution in [0.15, 0.2) is 75.5 Å². The fourth-order valence-electron chi connectivity index (χ4n) is 5.60. The number of rotatable bonds is 7. The molecule has 0 bridgehead atoms. The van der Waals surface area contributed by atoms with E-state index in [9.17, 15) is 19.5 Å². The molecule has 1 heterocycles. The molecule has 0 saturated carbocycles. The summed E-state index contributed by atoms with van der Waals surface area (Å²) in [6.07, 6.45) is 3.67. The third-order valence-electron chi connectivity index (χ3n) is 7.17. The van der Waals surface area contributed by atoms with Crippen LogP contribution in [-0.4, -0.2) is 34.1 Å². The average molecular weight is 550 g/mol. The second-order valence-corrected chi connectivity index (χ2v) is 10.4. The fraction of sp³-hybridized carbons (Fsp3) is 0.345. The molecule has 5 rings (SSSR count). The van der Waals surface area contributed by atoms with Gasteiger partial charge in [0.15, 0.2) is 11.6 Å². The molecular weight excluding hydrogens is 522 g/mol. The van der Waals surface area contributed by atoms with Crippen molar-refractivity contribution < 1.29 is 24.2 Å². The number of ether oxygens (including phenoxy) is 1. The van der Waals surface area contributed by atoms with Gasteiger partial charge in [-0.05, 0) is 49.4 Å². The van der Waals surface area contributed by atoms with Gasteiger partial charge >= 0.3 is 5.97 Å². The Hall–Kier alpha value is -3.19. The Morgan fingerprint density at radius 2 is 1.53 bits per heavy atom. The fourth-order valence-corrected chi connectivity index (χ4v) is 5.86. The molecule has 0 spiro atoms. The molecule has 1 aliphatic heterocycles. The van der Waals surface area contributed by atoms with E-state index in [-0.39, 0.29) is 24.5 Å². The van der Waals surface area contributed by atoms with Crippen LogP contribution in [0.5, 0.6) is 5.75 Å². The molecule has 0 unspecified atom stereocenters. The third-order valence-corrected chi connectivity index (χ3v) is 7.70. The summed E-state index contributed by atoms with van der Waals surface area (Å²) in [4.78, 5) is 40.2. The van der Waals surface area contributed by atoms with Crippen LogP contribution >= 0.6 is 15.9 Å². The zero-order valence-electron chi connectivity index (χ0n) is 20.0. The molecule has 0 saturated heterocycles. The van der Waals surface area contributed by atoms with E-state index in [0.29, 0.717) is 49.2 Å². The number of hydrogen-bond acceptors (Lipinski definition) is 5. The van der Waals surface area contributed by atoms with Crippen molar-refractivity contribution in [2.24, 2.45) is 0 Å². The molecule has 0 amide bonds. The summed E-state index contributed by atoms with van der Waals surface area (Å²) in [7, 11) is 0. The Kier molecular flexibility index (Phi) is 7.10. The smallest absolute Gasteiger partial charge is 0.305 e. The summed E-state index contributed by atoms with van der Waals surface area (Å²) in [5, 5.41) is 9.36. The molecule has 0 atom stereocenters. The number of carboxylic acid groups (broad SMARTS) is 1. The average Bonchev–Trinajstić information content (AvgIpc) is 2.87. The molecule has 36 heavy (non-hydrogen) atoms. The van der Waals surface area contributed by atoms with Gasteiger partial charge in [-0.2, -0.15) is 0 Å². The number of carbonyl (C=O) groups is 3. The van der Waals surface area contributed by atoms with E-state index in [2.05, 4.69) is 15.9 Å². The van der Waals surface area contributed by atoms with Gasteiger partial charge in [-0.1, -0.05) is 46.3 Å². The van der Waals surface area contributed by atoms with Crippen molar-refractivity contribution in [3.63, 3.8) is 0 Å². The second kappa shape index (κ2) is 10.4. The van der Waals surface area contributed by atoms with E-state index in [1.165, 1.54) is 0 Å². The molecule has 0 aromatic heterocycles. The van der Waals surface area contributed by atoms with Crippen molar-refractivity contribution in [3.8, 4) is 5.75 Å². The quantitative estimate of drug-likeness (QED) is 0.461. The minimum absolute atomic E-state index is 0.0363. The summed E-state index contributed by atoms with van der Waals surface area (Å²) >= 11 is 3.45. The van der Waals surface area contributed by atoms with Crippen LogP contribution in [-0.2, 0) is 21.0 Å². The second-order valence-electron chi connectivity index (χ2n) is 9.46. The van der Waals surface area contributed by atoms with Crippen molar-refractivity contribution in [3.05, 3.63) is 86.7 Å². The lowest BCUT2D eigenvalue weighted by molar-refractivity contribution is -0.137. The van der Waals surface area contributed by atoms with Crippen LogP contribution in [0.3, 0.4) is 0 Å². The number of para-hydroxylation sites is 1. The number of hydrogen-bond donors (Lipinski definition) is 1. The molecule has 2 aromatic carbocycles. The maximum Gasteiger partial charge on any atom is 0.305 e. The monoisotopic (exact) mass is 549 g/mol. The van der Waals surface area contributed by atoms with Crippen LogP contribution in [0.1, 0.15) is 62.0 Å². The first-order valence-corrected chi connectivity index (χ1v) is 13.2. The number of halogens is 1. The van der Waals surface area contributed by atoms with Crippen molar-refractivity contribution in [1.29, 1.82) is 0 Å². The number of carbonyl (C=O) groups excluding carboxylic acids is 2. The van der Waals surface area contributed by atoms with Gasteiger partial charge in [0, 0.05) is 57.9 Å². The molecule has 1 N–H and O–H groups in total. The predicted molar refractivity (Wildman–Crippen MR) is 138 cm³/mol. The molecular formula is C29H28BrNO5. The number of nitrogens with zero attached hydrogens (tertiary/aromatic N) is 1. The van der Waals surface area contributed by atoms with Gasteiger partial charge in [0.05, 0.1) is 6.42 Å². The molecule has 0 radical (unpaired) electrons. The maximum atomic E-state index is 13.4. The molecule has 3 aliphatic rings. The standard InChI is InChI=1S/C29H28BrNO5/c30-19-13-11-18(12-14-19)17-36-25-10-2-1-5-20(25)27-28-21(6-3-8-23(28)32)31(16-15-26(34)35)22-7-4-9-24(33)29(22)27/h1-2,5,10-14,27H,3-4,6-9,15-17H2,(H,34,35). The van der Waals surface area contributed by atoms with Gasteiger partial charge in [0.2, 0.25) is 0 Å². The Morgan fingerprint density at radius 1 is 0.917 bits per heavy atom. The van der Waals surface area contributed by atoms with Gasteiger partial charge in [0.25, 0.3) is 0 Å². The van der Waals surface area contributed by atoms with Crippen LogP contribution in [0.25, 0.3) is 0 Å². The van der Waals surface area contributed by atoms with Crippen LogP contribution in [0.4, 0.5) is 0 Å². The highest BCUT2D eigenvalue weighted by Crippen LogP contribution is 2.50. The summed E-state index contributed by atoms with van der Waals surface area (Å²) in [6.45, 7) is 0.628. The molecule has 7 heteroatoms. The lowest BCUT2D eigenvalue weighted by Gasteiger charge is -2.44. The van der Waals surface area contributed by atoms with Gasteiger partial charge < -0.3 is 14.7 Å². The number of benzene rings is 2. The summed E-state index contributed by atoms with van der Waals surface area (Å²) in [5.74, 6) is -0.654. The molecule has 186 valence electrons. The molecule has 2 aromatic rings. The minimum atomic E-state index is -0.891. The van der Waals surface area contributed by atoms with E-state index in [1.807, 2.05) is 53.4 Å². The number of carboxylic acids is 1. The zero-order chi connectivity index (χ0) is 25.2. The normalized spacial score (nSPS) is 18.3. The van der Waals surface area contributed by atoms with Crippen LogP contribution in [0, 0.1) is 0 Å². The molecule has 0 fully saturated rings. The number of allylic oxidation sites excluding steroid dienone is 4. The zero-order valence-corrected chi connectivity index (χ0v) is 21.6. The van der Waals surface area contributed by atoms with E-state index in [4.69, 9.17) is 4.74 Å². The van der Waals surface area contributed by atoms with Crippen molar-refractivity contribution in [1.82, 2.24) is 4.90 Å². The van der Waals surface area contributed by atoms with Gasteiger partial charge in [-0.15, -0.1) is 0 Å². The molecule has 6 nitrogen and oxygen atoms in total. The van der Waals surface area contributed by atoms with Crippen molar-refractivity contribution in [2.75, 3.05) is 6.54 Å². The topological polar surface area (TPSA) is 83.9 Å². The van der Waals surface area contributed by atoms with Gasteiger partial charge in [-0.3, -0.25) is 14.4 Å². The van der Waals surface area contributed by atoms with Crippen molar-refractivity contribution in [2.45, 2.75) is 57.5 Å². The lowest BCUT2D eigenvalue weighted by atomic mass is 9.70. The highest BCUT2D eigenvalue weighted by Gasteiger charge is 2.44. The first kappa shape index (κ1) is 24.5. The Labute approximate surface area is 218 Å². The van der Waals surface area contributed by atoms with Crippen LogP contribution in [0.2, 0.25) is 0 Å². The maximum absolute atomic E-state index is 13.4. The third kappa shape index (κ3) is 4.76. The first-order valence-electron chi connectivity index (χ1n) is 12.4. The lowest BCUT2D eigenvalue weighted by Crippen LogP contribution is -2.40. The Balaban J connectivity index is 1.60. The first-order chi connectivity index (χ1) is 17.4. The summed E-state index contributed by atoms with van der Waals surface area (Å²) in [6, 6.07) is 15.6. The highest BCUT2D eigenvalue weighted by molar-refractivity contribution is 9.10. The van der Waals surface area contributed by atoms with Gasteiger partial charge in [0.1, 0.15) is 12.4 Å². The number of ketones is 2. The highest BCUT2D eigenvalue weighted by atomic mass is 79.9. The van der Waals surface area contributed by atoms with Crippen LogP contribution < -0.4 is 4.74 Å². The van der Waals surface area contributed by atoms with Crippen molar-refractivity contribution >= 4 is 33.5 Å². The largest absolute Gasteiger partial charge is 0.489 e. The Bertz CT molecular complexity index is 1230. The Morgan fingerprint density at radius 3 is 2.14 bits per heavy atom.